The van der Waals surface area contributed by atoms with E-state index in [1.54, 1.807) is 6.21 Å². The van der Waals surface area contributed by atoms with Crippen LogP contribution in [0.5, 0.6) is 0 Å². The second-order valence-corrected chi connectivity index (χ2v) is 3.70. The van der Waals surface area contributed by atoms with Crippen molar-refractivity contribution in [2.75, 3.05) is 0 Å². The molecule has 1 atom stereocenters. The molecule has 2 aliphatic heterocycles. The normalized spacial score (nSPS) is 20.9. The third-order valence-electron chi connectivity index (χ3n) is 2.72. The molecule has 4 nitrogen and oxygen atoms in total. The molecule has 1 unspecified atom stereocenters. The number of nitrogens with two attached hydrogens (primary N) is 1. The Kier molecular flexibility index (Phi) is 1.77. The van der Waals surface area contributed by atoms with Crippen molar-refractivity contribution in [3.05, 3.63) is 35.9 Å². The molecule has 3 rings (SSSR count). The summed E-state index contributed by atoms with van der Waals surface area (Å²) < 4.78 is 0. The number of primary amides is 1. The summed E-state index contributed by atoms with van der Waals surface area (Å²) in [6.07, 6.45) is 3.48. The fourth-order valence-electron chi connectivity index (χ4n) is 1.99. The van der Waals surface area contributed by atoms with Crippen LogP contribution in [0.15, 0.2) is 40.3 Å². The first-order chi connectivity index (χ1) is 7.77. The van der Waals surface area contributed by atoms with Gasteiger partial charge in [-0.15, -0.1) is 0 Å². The molecule has 1 amide bonds. The van der Waals surface area contributed by atoms with E-state index in [1.165, 1.54) is 0 Å². The second-order valence-electron chi connectivity index (χ2n) is 3.70. The van der Waals surface area contributed by atoms with Crippen LogP contribution in [0, 0.1) is 0 Å². The van der Waals surface area contributed by atoms with E-state index in [9.17, 15) is 4.79 Å². The molecule has 78 valence electrons. The first-order valence-corrected chi connectivity index (χ1v) is 4.98. The number of amides is 1. The number of benzene rings is 1. The van der Waals surface area contributed by atoms with Crippen LogP contribution in [-0.2, 0) is 4.79 Å². The zero-order chi connectivity index (χ0) is 11.1. The molecule has 4 heteroatoms. The molecule has 16 heavy (non-hydrogen) atoms. The molecule has 1 aromatic rings. The number of hydrogen-bond donors (Lipinski definition) is 1. The molecule has 0 fully saturated rings. The second kappa shape index (κ2) is 3.13. The highest BCUT2D eigenvalue weighted by Gasteiger charge is 2.31. The van der Waals surface area contributed by atoms with Crippen molar-refractivity contribution in [1.29, 1.82) is 0 Å². The Balaban J connectivity index is 2.16. The Morgan fingerprint density at radius 1 is 1.31 bits per heavy atom. The van der Waals surface area contributed by atoms with Gasteiger partial charge in [0, 0.05) is 17.4 Å². The molecule has 0 radical (unpaired) electrons. The maximum absolute atomic E-state index is 11.2. The summed E-state index contributed by atoms with van der Waals surface area (Å²) in [5, 5.41) is 0. The maximum Gasteiger partial charge on any atom is 0.248 e. The lowest BCUT2D eigenvalue weighted by Crippen LogP contribution is -2.35. The van der Waals surface area contributed by atoms with E-state index in [2.05, 4.69) is 9.98 Å². The molecule has 0 saturated carbocycles. The minimum Gasteiger partial charge on any atom is -0.367 e. The topological polar surface area (TPSA) is 67.8 Å². The van der Waals surface area contributed by atoms with Crippen molar-refractivity contribution >= 4 is 29.1 Å². The molecular formula is C12H9N3O. The molecule has 0 spiro atoms. The Labute approximate surface area is 92.2 Å². The van der Waals surface area contributed by atoms with Crippen molar-refractivity contribution in [3.8, 4) is 0 Å². The number of allylic oxidation sites excluding steroid dienone is 1. The van der Waals surface area contributed by atoms with Crippen LogP contribution in [0.25, 0.3) is 5.57 Å². The molecule has 0 bridgehead atoms. The van der Waals surface area contributed by atoms with Crippen LogP contribution in [0.4, 0.5) is 5.69 Å². The minimum atomic E-state index is -0.646. The third-order valence-corrected chi connectivity index (χ3v) is 2.72. The van der Waals surface area contributed by atoms with Gasteiger partial charge >= 0.3 is 0 Å². The molecule has 0 aliphatic carbocycles. The molecular weight excluding hydrogens is 202 g/mol. The van der Waals surface area contributed by atoms with E-state index < -0.39 is 11.9 Å². The van der Waals surface area contributed by atoms with E-state index >= 15 is 0 Å². The van der Waals surface area contributed by atoms with Crippen LogP contribution >= 0.6 is 0 Å². The zero-order valence-corrected chi connectivity index (χ0v) is 8.42. The summed E-state index contributed by atoms with van der Waals surface area (Å²) in [4.78, 5) is 19.7. The summed E-state index contributed by atoms with van der Waals surface area (Å²) in [5.41, 5.74) is 8.83. The Bertz CT molecular complexity index is 569. The first kappa shape index (κ1) is 9.03. The van der Waals surface area contributed by atoms with Gasteiger partial charge in [0.25, 0.3) is 0 Å². The van der Waals surface area contributed by atoms with Crippen molar-refractivity contribution in [3.63, 3.8) is 0 Å². The average Bonchev–Trinajstić information content (AvgIpc) is 2.67. The summed E-state index contributed by atoms with van der Waals surface area (Å²) in [5.74, 6) is -0.464. The smallest absolute Gasteiger partial charge is 0.248 e. The van der Waals surface area contributed by atoms with Crippen LogP contribution in [-0.4, -0.2) is 23.9 Å². The summed E-state index contributed by atoms with van der Waals surface area (Å²) in [6.45, 7) is 0. The van der Waals surface area contributed by atoms with Crippen LogP contribution in [0.3, 0.4) is 0 Å². The SMILES string of the molecule is NC(=O)C1N=CC=C2C1=Nc1ccccc12. The van der Waals surface area contributed by atoms with Crippen LogP contribution in [0.2, 0.25) is 0 Å². The van der Waals surface area contributed by atoms with E-state index in [0.29, 0.717) is 5.71 Å². The van der Waals surface area contributed by atoms with E-state index in [4.69, 9.17) is 5.73 Å². The Morgan fingerprint density at radius 3 is 2.94 bits per heavy atom. The number of para-hydroxylation sites is 1. The lowest BCUT2D eigenvalue weighted by molar-refractivity contribution is -0.117. The number of rotatable bonds is 1. The van der Waals surface area contributed by atoms with Crippen LogP contribution < -0.4 is 5.73 Å². The maximum atomic E-state index is 11.2. The van der Waals surface area contributed by atoms with Gasteiger partial charge in [0.15, 0.2) is 6.04 Å². The monoisotopic (exact) mass is 211 g/mol. The van der Waals surface area contributed by atoms with Crippen LogP contribution in [0.1, 0.15) is 5.56 Å². The largest absolute Gasteiger partial charge is 0.367 e. The Morgan fingerprint density at radius 2 is 2.12 bits per heavy atom. The van der Waals surface area contributed by atoms with Gasteiger partial charge in [0.1, 0.15) is 0 Å². The van der Waals surface area contributed by atoms with Crippen molar-refractivity contribution in [2.45, 2.75) is 6.04 Å². The van der Waals surface area contributed by atoms with Gasteiger partial charge in [0.05, 0.1) is 11.4 Å². The fourth-order valence-corrected chi connectivity index (χ4v) is 1.99. The highest BCUT2D eigenvalue weighted by atomic mass is 16.1. The van der Waals surface area contributed by atoms with Gasteiger partial charge in [-0.3, -0.25) is 9.79 Å². The lowest BCUT2D eigenvalue weighted by Gasteiger charge is -2.13. The van der Waals surface area contributed by atoms with Gasteiger partial charge in [-0.25, -0.2) is 4.99 Å². The van der Waals surface area contributed by atoms with E-state index in [0.717, 1.165) is 16.8 Å². The van der Waals surface area contributed by atoms with Crippen molar-refractivity contribution in [2.24, 2.45) is 15.7 Å². The number of aliphatic imine (C=N–C) groups is 2. The standard InChI is InChI=1S/C12H9N3O/c13-12(16)11-10-8(5-6-14-11)7-3-1-2-4-9(7)15-10/h1-6,11H,(H2,13,16). The molecule has 1 aromatic carbocycles. The number of fused-ring (bicyclic) bond motifs is 3. The number of hydrogen-bond acceptors (Lipinski definition) is 3. The zero-order valence-electron chi connectivity index (χ0n) is 8.42. The molecule has 0 saturated heterocycles. The van der Waals surface area contributed by atoms with Gasteiger partial charge in [0.2, 0.25) is 5.91 Å². The van der Waals surface area contributed by atoms with Gasteiger partial charge < -0.3 is 5.73 Å². The number of carbonyl (C=O) groups is 1. The summed E-state index contributed by atoms with van der Waals surface area (Å²) in [6, 6.07) is 7.12. The first-order valence-electron chi connectivity index (χ1n) is 4.98. The molecule has 2 heterocycles. The van der Waals surface area contributed by atoms with E-state index in [1.807, 2.05) is 30.3 Å². The molecule has 2 N–H and O–H groups in total. The fraction of sp³-hybridized carbons (Fsp3) is 0.0833. The molecule has 2 aliphatic rings. The quantitative estimate of drug-likeness (QED) is 0.742. The predicted molar refractivity (Wildman–Crippen MR) is 63.0 cm³/mol. The predicted octanol–water partition coefficient (Wildman–Crippen LogP) is 1.09. The van der Waals surface area contributed by atoms with Gasteiger partial charge in [-0.1, -0.05) is 18.2 Å². The average molecular weight is 211 g/mol. The lowest BCUT2D eigenvalue weighted by atomic mass is 9.96. The summed E-state index contributed by atoms with van der Waals surface area (Å²) >= 11 is 0. The third kappa shape index (κ3) is 1.13. The highest BCUT2D eigenvalue weighted by molar-refractivity contribution is 6.38. The van der Waals surface area contributed by atoms with Gasteiger partial charge in [-0.2, -0.15) is 0 Å². The van der Waals surface area contributed by atoms with Crippen molar-refractivity contribution in [1.82, 2.24) is 0 Å². The highest BCUT2D eigenvalue weighted by Crippen LogP contribution is 2.36. The Hall–Kier alpha value is -2.23. The number of nitrogens with zero attached hydrogens (tertiary/aromatic N) is 2. The van der Waals surface area contributed by atoms with Crippen molar-refractivity contribution < 1.29 is 4.79 Å². The summed E-state index contributed by atoms with van der Waals surface area (Å²) in [7, 11) is 0. The van der Waals surface area contributed by atoms with E-state index in [-0.39, 0.29) is 0 Å². The minimum absolute atomic E-state index is 0.464. The van der Waals surface area contributed by atoms with Gasteiger partial charge in [-0.05, 0) is 12.1 Å². The number of carbonyl (C=O) groups excluding carboxylic acids is 1. The number of dihydropyridines is 1. The molecule has 0 aromatic heterocycles.